The topological polar surface area (TPSA) is 123 Å². The summed E-state index contributed by atoms with van der Waals surface area (Å²) in [6.45, 7) is -0.671. The smallest absolute Gasteiger partial charge is 0.285 e. The Kier molecular flexibility index (Phi) is 6.93. The predicted octanol–water partition coefficient (Wildman–Crippen LogP) is 4.41. The van der Waals surface area contributed by atoms with Crippen LogP contribution in [-0.2, 0) is 21.9 Å². The molecule has 36 heavy (non-hydrogen) atoms. The fourth-order valence-corrected chi connectivity index (χ4v) is 5.17. The number of carbonyl (C=O) groups excluding carboxylic acids is 1. The second kappa shape index (κ2) is 10.1. The van der Waals surface area contributed by atoms with Crippen LogP contribution in [0.25, 0.3) is 10.9 Å². The van der Waals surface area contributed by atoms with Crippen molar-refractivity contribution >= 4 is 38.2 Å². The van der Waals surface area contributed by atoms with Crippen LogP contribution in [0, 0.1) is 0 Å². The van der Waals surface area contributed by atoms with E-state index < -0.39 is 22.5 Å². The highest BCUT2D eigenvalue weighted by Crippen LogP contribution is 2.38. The molecule has 0 aliphatic heterocycles. The first kappa shape index (κ1) is 24.7. The Hall–Kier alpha value is -4.38. The number of hydrogen-bond donors (Lipinski definition) is 1. The Morgan fingerprint density at radius 2 is 1.69 bits per heavy atom. The quantitative estimate of drug-likeness (QED) is 0.352. The zero-order valence-electron chi connectivity index (χ0n) is 19.8. The molecule has 11 heteroatoms. The van der Waals surface area contributed by atoms with E-state index >= 15 is 0 Å². The molecular formula is C25H24N4O6S. The zero-order chi connectivity index (χ0) is 25.9. The van der Waals surface area contributed by atoms with E-state index in [1.165, 1.54) is 37.0 Å². The Balaban J connectivity index is 1.75. The maximum atomic E-state index is 13.6. The monoisotopic (exact) mass is 508 g/mol. The number of amides is 1. The predicted molar refractivity (Wildman–Crippen MR) is 135 cm³/mol. The second-order valence-corrected chi connectivity index (χ2v) is 9.57. The van der Waals surface area contributed by atoms with E-state index in [0.29, 0.717) is 16.7 Å². The largest absolute Gasteiger partial charge is 0.497 e. The number of aromatic nitrogens is 1. The Labute approximate surface area is 208 Å². The van der Waals surface area contributed by atoms with E-state index in [9.17, 15) is 18.3 Å². The number of azo groups is 1. The van der Waals surface area contributed by atoms with Gasteiger partial charge in [-0.2, -0.15) is 0 Å². The van der Waals surface area contributed by atoms with Crippen LogP contribution in [0.1, 0.15) is 0 Å². The van der Waals surface area contributed by atoms with Gasteiger partial charge < -0.3 is 19.1 Å². The lowest BCUT2D eigenvalue weighted by atomic mass is 10.2. The molecule has 0 spiro atoms. The number of anilines is 1. The van der Waals surface area contributed by atoms with Crippen molar-refractivity contribution in [1.82, 2.24) is 4.57 Å². The van der Waals surface area contributed by atoms with Gasteiger partial charge in [-0.05, 0) is 30.3 Å². The maximum Gasteiger partial charge on any atom is 0.285 e. The molecule has 0 aliphatic rings. The van der Waals surface area contributed by atoms with Crippen molar-refractivity contribution in [2.24, 2.45) is 17.3 Å². The van der Waals surface area contributed by atoms with E-state index in [0.717, 1.165) is 4.31 Å². The first-order valence-corrected chi connectivity index (χ1v) is 12.2. The number of rotatable bonds is 8. The molecule has 0 saturated carbocycles. The molecule has 0 bridgehead atoms. The third kappa shape index (κ3) is 4.60. The van der Waals surface area contributed by atoms with E-state index in [-0.39, 0.29) is 27.9 Å². The van der Waals surface area contributed by atoms with Crippen molar-refractivity contribution in [3.05, 3.63) is 72.8 Å². The van der Waals surface area contributed by atoms with Gasteiger partial charge >= 0.3 is 0 Å². The minimum atomic E-state index is -4.21. The highest BCUT2D eigenvalue weighted by molar-refractivity contribution is 7.92. The number of methoxy groups -OCH3 is 2. The Morgan fingerprint density at radius 1 is 1.00 bits per heavy atom. The van der Waals surface area contributed by atoms with Crippen molar-refractivity contribution in [3.8, 4) is 17.4 Å². The molecule has 4 aromatic rings. The molecule has 10 nitrogen and oxygen atoms in total. The van der Waals surface area contributed by atoms with Gasteiger partial charge in [0, 0.05) is 18.5 Å². The van der Waals surface area contributed by atoms with Gasteiger partial charge in [0.1, 0.15) is 18.0 Å². The average molecular weight is 509 g/mol. The minimum absolute atomic E-state index is 0.0219. The third-order valence-corrected chi connectivity index (χ3v) is 7.35. The van der Waals surface area contributed by atoms with E-state index in [1.807, 2.05) is 6.07 Å². The molecule has 1 aromatic heterocycles. The van der Waals surface area contributed by atoms with Crippen molar-refractivity contribution < 1.29 is 27.8 Å². The van der Waals surface area contributed by atoms with Gasteiger partial charge in [-0.1, -0.05) is 36.4 Å². The molecule has 0 unspecified atom stereocenters. The summed E-state index contributed by atoms with van der Waals surface area (Å²) in [6, 6.07) is 19.4. The number of sulfonamides is 1. The van der Waals surface area contributed by atoms with E-state index in [4.69, 9.17) is 9.47 Å². The van der Waals surface area contributed by atoms with Gasteiger partial charge in [-0.3, -0.25) is 9.10 Å². The number of hydrogen-bond acceptors (Lipinski definition) is 7. The van der Waals surface area contributed by atoms with Gasteiger partial charge in [-0.15, -0.1) is 10.2 Å². The maximum absolute atomic E-state index is 13.6. The summed E-state index contributed by atoms with van der Waals surface area (Å²) < 4.78 is 40.2. The summed E-state index contributed by atoms with van der Waals surface area (Å²) in [4.78, 5) is 12.9. The summed E-state index contributed by atoms with van der Waals surface area (Å²) in [7, 11) is 0.282. The SMILES string of the molecule is COc1ccc(OC)c(N(CC(=O)N=Nc2c(O)n(C)c3ccccc23)S(=O)(=O)c2ccccc2)c1. The lowest BCUT2D eigenvalue weighted by Gasteiger charge is -2.25. The third-order valence-electron chi connectivity index (χ3n) is 5.58. The van der Waals surface area contributed by atoms with Crippen molar-refractivity contribution in [1.29, 1.82) is 0 Å². The molecule has 1 heterocycles. The summed E-state index contributed by atoms with van der Waals surface area (Å²) in [5.41, 5.74) is 0.904. The second-order valence-electron chi connectivity index (χ2n) is 7.70. The molecule has 0 radical (unpaired) electrons. The molecule has 0 fully saturated rings. The first-order valence-electron chi connectivity index (χ1n) is 10.8. The van der Waals surface area contributed by atoms with Gasteiger partial charge in [0.2, 0.25) is 5.88 Å². The summed E-state index contributed by atoms with van der Waals surface area (Å²) >= 11 is 0. The number of ether oxygens (including phenoxy) is 2. The number of para-hydroxylation sites is 1. The highest BCUT2D eigenvalue weighted by atomic mass is 32.2. The van der Waals surface area contributed by atoms with Crippen LogP contribution in [0.3, 0.4) is 0 Å². The fraction of sp³-hybridized carbons (Fsp3) is 0.160. The fourth-order valence-electron chi connectivity index (χ4n) is 3.73. The summed E-state index contributed by atoms with van der Waals surface area (Å²) in [6.07, 6.45) is 0. The van der Waals surface area contributed by atoms with Gasteiger partial charge in [-0.25, -0.2) is 8.42 Å². The lowest BCUT2D eigenvalue weighted by Crippen LogP contribution is -2.35. The number of fused-ring (bicyclic) bond motifs is 1. The van der Waals surface area contributed by atoms with Crippen molar-refractivity contribution in [2.45, 2.75) is 4.90 Å². The van der Waals surface area contributed by atoms with Crippen LogP contribution >= 0.6 is 0 Å². The highest BCUT2D eigenvalue weighted by Gasteiger charge is 2.30. The summed E-state index contributed by atoms with van der Waals surface area (Å²) in [5, 5.41) is 18.7. The number of carbonyl (C=O) groups is 1. The van der Waals surface area contributed by atoms with Crippen LogP contribution in [0.5, 0.6) is 17.4 Å². The molecule has 186 valence electrons. The number of aromatic hydroxyl groups is 1. The molecule has 1 amide bonds. The molecular weight excluding hydrogens is 484 g/mol. The first-order chi connectivity index (χ1) is 17.3. The van der Waals surface area contributed by atoms with Crippen LogP contribution < -0.4 is 13.8 Å². The van der Waals surface area contributed by atoms with E-state index in [1.54, 1.807) is 55.6 Å². The van der Waals surface area contributed by atoms with E-state index in [2.05, 4.69) is 10.2 Å². The average Bonchev–Trinajstić information content (AvgIpc) is 3.15. The minimum Gasteiger partial charge on any atom is -0.497 e. The zero-order valence-corrected chi connectivity index (χ0v) is 20.6. The molecule has 4 rings (SSSR count). The molecule has 0 aliphatic carbocycles. The van der Waals surface area contributed by atoms with Crippen LogP contribution in [0.2, 0.25) is 0 Å². The summed E-state index contributed by atoms with van der Waals surface area (Å²) in [5.74, 6) is -0.441. The molecule has 0 saturated heterocycles. The van der Waals surface area contributed by atoms with Gasteiger partial charge in [0.05, 0.1) is 30.3 Å². The van der Waals surface area contributed by atoms with Crippen LogP contribution in [0.15, 0.2) is 87.9 Å². The van der Waals surface area contributed by atoms with Gasteiger partial charge in [0.25, 0.3) is 15.9 Å². The standard InChI is InChI=1S/C25H24N4O6S/c1-28-20-12-8-7-11-19(20)24(25(28)31)27-26-23(30)16-29(36(32,33)18-9-5-4-6-10-18)21-15-17(34-2)13-14-22(21)35-3/h4-15,31H,16H2,1-3H3. The Bertz CT molecular complexity index is 1550. The number of benzene rings is 3. The van der Waals surface area contributed by atoms with Crippen molar-refractivity contribution in [2.75, 3.05) is 25.1 Å². The normalized spacial score (nSPS) is 11.6. The van der Waals surface area contributed by atoms with Crippen LogP contribution in [-0.4, -0.2) is 44.8 Å². The van der Waals surface area contributed by atoms with Gasteiger partial charge in [0.15, 0.2) is 5.69 Å². The lowest BCUT2D eigenvalue weighted by molar-refractivity contribution is -0.116. The molecule has 3 aromatic carbocycles. The molecule has 0 atom stereocenters. The van der Waals surface area contributed by atoms with Crippen LogP contribution in [0.4, 0.5) is 11.4 Å². The Morgan fingerprint density at radius 3 is 2.39 bits per heavy atom. The van der Waals surface area contributed by atoms with Crippen molar-refractivity contribution in [3.63, 3.8) is 0 Å². The number of nitrogens with zero attached hydrogens (tertiary/aromatic N) is 4. The number of aryl methyl sites for hydroxylation is 1. The molecule has 1 N–H and O–H groups in total.